The van der Waals surface area contributed by atoms with E-state index in [9.17, 15) is 14.7 Å². The Hall–Kier alpha value is -3.07. The first-order chi connectivity index (χ1) is 15.4. The molecular formula is C23H24ClNO7. The second-order valence-electron chi connectivity index (χ2n) is 6.94. The highest BCUT2D eigenvalue weighted by Crippen LogP contribution is 2.43. The maximum absolute atomic E-state index is 13.0. The molecule has 1 atom stereocenters. The number of amides is 1. The zero-order valence-electron chi connectivity index (χ0n) is 17.7. The summed E-state index contributed by atoms with van der Waals surface area (Å²) in [6.45, 7) is 0.113. The molecule has 3 rings (SSSR count). The standard InChI is InChI=1S/C23H24ClNO7/c1-30-16-7-8-17(18(13-16)31-2)20-19(21(27)14-3-5-15(24)6-4-14)22(28)23(29)25(20)9-11-32-12-10-26/h3-8,13,20,26-27H,9-12H2,1-2H3. The average molecular weight is 462 g/mol. The Kier molecular flexibility index (Phi) is 7.74. The smallest absolute Gasteiger partial charge is 0.295 e. The molecule has 32 heavy (non-hydrogen) atoms. The predicted molar refractivity (Wildman–Crippen MR) is 118 cm³/mol. The van der Waals surface area contributed by atoms with Gasteiger partial charge in [0.1, 0.15) is 17.3 Å². The van der Waals surface area contributed by atoms with Gasteiger partial charge in [-0.05, 0) is 36.4 Å². The number of hydrogen-bond donors (Lipinski definition) is 2. The van der Waals surface area contributed by atoms with Crippen LogP contribution in [0.1, 0.15) is 17.2 Å². The summed E-state index contributed by atoms with van der Waals surface area (Å²) in [4.78, 5) is 27.3. The fraction of sp³-hybridized carbons (Fsp3) is 0.304. The molecule has 0 aromatic heterocycles. The Labute approximate surface area is 190 Å². The molecule has 1 aliphatic rings. The van der Waals surface area contributed by atoms with Gasteiger partial charge in [-0.1, -0.05) is 11.6 Å². The number of methoxy groups -OCH3 is 2. The number of aliphatic hydroxyl groups is 2. The molecule has 9 heteroatoms. The summed E-state index contributed by atoms with van der Waals surface area (Å²) in [5.74, 6) is -0.980. The molecule has 1 amide bonds. The van der Waals surface area contributed by atoms with Gasteiger partial charge in [0.25, 0.3) is 11.7 Å². The van der Waals surface area contributed by atoms with Crippen LogP contribution in [0.2, 0.25) is 5.02 Å². The highest BCUT2D eigenvalue weighted by Gasteiger charge is 2.47. The number of ether oxygens (including phenoxy) is 3. The first kappa shape index (κ1) is 23.6. The minimum atomic E-state index is -0.913. The van der Waals surface area contributed by atoms with Gasteiger partial charge in [0.15, 0.2) is 0 Å². The minimum Gasteiger partial charge on any atom is -0.507 e. The van der Waals surface area contributed by atoms with Crippen LogP contribution in [0, 0.1) is 0 Å². The summed E-state index contributed by atoms with van der Waals surface area (Å²) in [5, 5.41) is 20.4. The summed E-state index contributed by atoms with van der Waals surface area (Å²) >= 11 is 5.94. The third-order valence-corrected chi connectivity index (χ3v) is 5.36. The summed E-state index contributed by atoms with van der Waals surface area (Å²) in [5.41, 5.74) is 0.787. The van der Waals surface area contributed by atoms with Crippen molar-refractivity contribution >= 4 is 29.1 Å². The van der Waals surface area contributed by atoms with Crippen LogP contribution >= 0.6 is 11.6 Å². The van der Waals surface area contributed by atoms with Crippen molar-refractivity contribution in [1.82, 2.24) is 4.90 Å². The molecule has 0 bridgehead atoms. The topological polar surface area (TPSA) is 106 Å². The first-order valence-electron chi connectivity index (χ1n) is 9.87. The molecule has 0 radical (unpaired) electrons. The van der Waals surface area contributed by atoms with Gasteiger partial charge in [0.05, 0.1) is 45.7 Å². The molecule has 2 aromatic carbocycles. The fourth-order valence-electron chi connectivity index (χ4n) is 3.57. The van der Waals surface area contributed by atoms with Crippen molar-refractivity contribution in [3.63, 3.8) is 0 Å². The number of aliphatic hydroxyl groups excluding tert-OH is 2. The average Bonchev–Trinajstić information content (AvgIpc) is 3.06. The Bertz CT molecular complexity index is 1020. The monoisotopic (exact) mass is 461 g/mol. The first-order valence-corrected chi connectivity index (χ1v) is 10.3. The van der Waals surface area contributed by atoms with Crippen molar-refractivity contribution in [2.24, 2.45) is 0 Å². The number of hydrogen-bond acceptors (Lipinski definition) is 7. The summed E-state index contributed by atoms with van der Waals surface area (Å²) in [6.07, 6.45) is 0. The molecule has 2 N–H and O–H groups in total. The predicted octanol–water partition coefficient (Wildman–Crippen LogP) is 2.79. The summed E-state index contributed by atoms with van der Waals surface area (Å²) in [7, 11) is 2.98. The van der Waals surface area contributed by atoms with Crippen LogP contribution in [0.3, 0.4) is 0 Å². The van der Waals surface area contributed by atoms with Crippen molar-refractivity contribution < 1.29 is 34.0 Å². The van der Waals surface area contributed by atoms with Gasteiger partial charge in [-0.25, -0.2) is 0 Å². The number of Topliss-reactive ketones (excluding diaryl/α,β-unsaturated/α-hetero) is 1. The number of nitrogens with zero attached hydrogens (tertiary/aromatic N) is 1. The lowest BCUT2D eigenvalue weighted by molar-refractivity contribution is -0.140. The summed E-state index contributed by atoms with van der Waals surface area (Å²) in [6, 6.07) is 10.4. The highest BCUT2D eigenvalue weighted by atomic mass is 35.5. The third kappa shape index (κ3) is 4.72. The van der Waals surface area contributed by atoms with Crippen LogP contribution < -0.4 is 9.47 Å². The molecule has 1 saturated heterocycles. The molecule has 2 aromatic rings. The van der Waals surface area contributed by atoms with E-state index in [1.165, 1.54) is 19.1 Å². The van der Waals surface area contributed by atoms with Gasteiger partial charge in [0, 0.05) is 28.8 Å². The van der Waals surface area contributed by atoms with Gasteiger partial charge in [-0.3, -0.25) is 9.59 Å². The number of likely N-dealkylation sites (tertiary alicyclic amines) is 1. The van der Waals surface area contributed by atoms with Gasteiger partial charge < -0.3 is 29.3 Å². The second-order valence-corrected chi connectivity index (χ2v) is 7.38. The lowest BCUT2D eigenvalue weighted by Crippen LogP contribution is -2.33. The van der Waals surface area contributed by atoms with Crippen LogP contribution in [0.4, 0.5) is 0 Å². The number of halogens is 1. The molecule has 1 unspecified atom stereocenters. The van der Waals surface area contributed by atoms with Crippen LogP contribution in [-0.2, 0) is 14.3 Å². The van der Waals surface area contributed by atoms with E-state index in [4.69, 9.17) is 30.9 Å². The van der Waals surface area contributed by atoms with E-state index in [1.807, 2.05) is 0 Å². The lowest BCUT2D eigenvalue weighted by Gasteiger charge is -2.26. The van der Waals surface area contributed by atoms with Gasteiger partial charge >= 0.3 is 0 Å². The van der Waals surface area contributed by atoms with Crippen molar-refractivity contribution in [3.05, 3.63) is 64.2 Å². The Morgan fingerprint density at radius 1 is 1.06 bits per heavy atom. The Morgan fingerprint density at radius 2 is 1.78 bits per heavy atom. The number of carbonyl (C=O) groups is 2. The van der Waals surface area contributed by atoms with E-state index in [-0.39, 0.29) is 37.7 Å². The van der Waals surface area contributed by atoms with Crippen LogP contribution in [-0.4, -0.2) is 67.4 Å². The minimum absolute atomic E-state index is 0.0667. The number of carbonyl (C=O) groups excluding carboxylic acids is 2. The molecular weight excluding hydrogens is 438 g/mol. The van der Waals surface area contributed by atoms with Crippen molar-refractivity contribution in [1.29, 1.82) is 0 Å². The number of rotatable bonds is 9. The Morgan fingerprint density at radius 3 is 2.41 bits per heavy atom. The fourth-order valence-corrected chi connectivity index (χ4v) is 3.70. The van der Waals surface area contributed by atoms with E-state index >= 15 is 0 Å². The zero-order chi connectivity index (χ0) is 23.3. The SMILES string of the molecule is COc1ccc(C2C(=C(O)c3ccc(Cl)cc3)C(=O)C(=O)N2CCOCCO)c(OC)c1. The molecule has 1 fully saturated rings. The molecule has 0 spiro atoms. The normalized spacial score (nSPS) is 17.6. The maximum Gasteiger partial charge on any atom is 0.295 e. The van der Waals surface area contributed by atoms with Crippen LogP contribution in [0.25, 0.3) is 5.76 Å². The molecule has 1 aliphatic heterocycles. The maximum atomic E-state index is 13.0. The van der Waals surface area contributed by atoms with E-state index in [2.05, 4.69) is 0 Å². The van der Waals surface area contributed by atoms with Crippen molar-refractivity contribution in [2.75, 3.05) is 40.6 Å². The Balaban J connectivity index is 2.14. The molecule has 8 nitrogen and oxygen atoms in total. The largest absolute Gasteiger partial charge is 0.507 e. The van der Waals surface area contributed by atoms with E-state index in [1.54, 1.807) is 42.5 Å². The highest BCUT2D eigenvalue weighted by molar-refractivity contribution is 6.46. The summed E-state index contributed by atoms with van der Waals surface area (Å²) < 4.78 is 16.0. The van der Waals surface area contributed by atoms with E-state index in [0.717, 1.165) is 0 Å². The van der Waals surface area contributed by atoms with Gasteiger partial charge in [0.2, 0.25) is 0 Å². The zero-order valence-corrected chi connectivity index (χ0v) is 18.5. The van der Waals surface area contributed by atoms with Crippen molar-refractivity contribution in [3.8, 4) is 11.5 Å². The van der Waals surface area contributed by atoms with Crippen LogP contribution in [0.15, 0.2) is 48.0 Å². The van der Waals surface area contributed by atoms with Crippen molar-refractivity contribution in [2.45, 2.75) is 6.04 Å². The van der Waals surface area contributed by atoms with Gasteiger partial charge in [-0.2, -0.15) is 0 Å². The van der Waals surface area contributed by atoms with E-state index in [0.29, 0.717) is 27.6 Å². The third-order valence-electron chi connectivity index (χ3n) is 5.11. The molecule has 170 valence electrons. The number of benzene rings is 2. The molecule has 0 aliphatic carbocycles. The quantitative estimate of drug-likeness (QED) is 0.256. The number of ketones is 1. The molecule has 1 heterocycles. The second kappa shape index (κ2) is 10.5. The molecule has 0 saturated carbocycles. The lowest BCUT2D eigenvalue weighted by atomic mass is 9.94. The van der Waals surface area contributed by atoms with E-state index < -0.39 is 17.7 Å². The van der Waals surface area contributed by atoms with Gasteiger partial charge in [-0.15, -0.1) is 0 Å². The van der Waals surface area contributed by atoms with Crippen LogP contribution in [0.5, 0.6) is 11.5 Å².